The maximum atomic E-state index is 14.8. The number of aryl methyl sites for hydroxylation is 1. The Labute approximate surface area is 285 Å². The average Bonchev–Trinajstić information content (AvgIpc) is 2.96. The summed E-state index contributed by atoms with van der Waals surface area (Å²) in [6.07, 6.45) is 2.25. The Morgan fingerprint density at radius 2 is 1.38 bits per heavy atom. The topological polar surface area (TPSA) is 114 Å². The molecule has 0 aromatic heterocycles. The van der Waals surface area contributed by atoms with Crippen molar-refractivity contribution in [3.8, 4) is 0 Å². The summed E-state index contributed by atoms with van der Waals surface area (Å²) in [5.41, 5.74) is -0.125. The van der Waals surface area contributed by atoms with Gasteiger partial charge < -0.3 is 25.0 Å². The maximum Gasteiger partial charge on any atom is 0.408 e. The Bertz CT molecular complexity index is 1350. The first kappa shape index (κ1) is 39.6. The summed E-state index contributed by atoms with van der Waals surface area (Å²) in [5, 5.41) is 5.77. The summed E-state index contributed by atoms with van der Waals surface area (Å²) in [6, 6.07) is 13.7. The summed E-state index contributed by atoms with van der Waals surface area (Å²) < 4.78 is 11.3. The van der Waals surface area contributed by atoms with Crippen LogP contribution >= 0.6 is 11.8 Å². The lowest BCUT2D eigenvalue weighted by Crippen LogP contribution is -2.60. The number of nitrogens with one attached hydrogen (secondary N) is 2. The van der Waals surface area contributed by atoms with Crippen LogP contribution in [0.1, 0.15) is 97.9 Å². The molecule has 3 amide bonds. The molecule has 0 aliphatic rings. The third-order valence-electron chi connectivity index (χ3n) is 7.63. The van der Waals surface area contributed by atoms with Gasteiger partial charge in [-0.05, 0) is 104 Å². The van der Waals surface area contributed by atoms with Gasteiger partial charge in [0.1, 0.15) is 29.3 Å². The molecule has 260 valence electrons. The summed E-state index contributed by atoms with van der Waals surface area (Å²) in [7, 11) is 0. The van der Waals surface area contributed by atoms with E-state index in [9.17, 15) is 19.2 Å². The van der Waals surface area contributed by atoms with Crippen molar-refractivity contribution in [2.45, 2.75) is 123 Å². The molecule has 3 unspecified atom stereocenters. The zero-order chi connectivity index (χ0) is 35.6. The molecule has 2 aromatic carbocycles. The lowest BCUT2D eigenvalue weighted by molar-refractivity contribution is -0.159. The summed E-state index contributed by atoms with van der Waals surface area (Å²) in [5.74, 6) is -0.930. The van der Waals surface area contributed by atoms with Crippen molar-refractivity contribution in [3.63, 3.8) is 0 Å². The molecule has 0 aliphatic heterocycles. The molecule has 2 N–H and O–H groups in total. The molecular formula is C37H55N3O6S. The summed E-state index contributed by atoms with van der Waals surface area (Å²) in [4.78, 5) is 57.6. The highest BCUT2D eigenvalue weighted by Gasteiger charge is 2.44. The first-order valence-electron chi connectivity index (χ1n) is 16.2. The van der Waals surface area contributed by atoms with Gasteiger partial charge in [0, 0.05) is 12.0 Å². The number of ether oxygens (including phenoxy) is 2. The zero-order valence-electron chi connectivity index (χ0n) is 30.1. The van der Waals surface area contributed by atoms with Crippen molar-refractivity contribution in [2.75, 3.05) is 12.0 Å². The predicted molar refractivity (Wildman–Crippen MR) is 189 cm³/mol. The second-order valence-electron chi connectivity index (χ2n) is 14.4. The number of carbonyl (C=O) groups is 4. The van der Waals surface area contributed by atoms with Gasteiger partial charge in [-0.25, -0.2) is 9.59 Å². The Hall–Kier alpha value is -3.53. The Balaban J connectivity index is 2.70. The number of hydrogen-bond donors (Lipinski definition) is 2. The number of esters is 1. The van der Waals surface area contributed by atoms with Crippen LogP contribution in [-0.2, 0) is 30.3 Å². The molecular weight excluding hydrogens is 614 g/mol. The first-order chi connectivity index (χ1) is 21.8. The van der Waals surface area contributed by atoms with Gasteiger partial charge in [-0.2, -0.15) is 11.8 Å². The number of nitrogens with zero attached hydrogens (tertiary/aromatic N) is 1. The fraction of sp³-hybridized carbons (Fsp3) is 0.568. The van der Waals surface area contributed by atoms with Crippen LogP contribution in [-0.4, -0.2) is 69.6 Å². The second-order valence-corrected chi connectivity index (χ2v) is 15.4. The minimum atomic E-state index is -1.13. The van der Waals surface area contributed by atoms with Crippen LogP contribution in [0.15, 0.2) is 54.6 Å². The number of rotatable bonds is 14. The van der Waals surface area contributed by atoms with E-state index < -0.39 is 58.7 Å². The van der Waals surface area contributed by atoms with Crippen molar-refractivity contribution in [1.29, 1.82) is 0 Å². The van der Waals surface area contributed by atoms with Crippen LogP contribution < -0.4 is 10.6 Å². The predicted octanol–water partition coefficient (Wildman–Crippen LogP) is 6.77. The fourth-order valence-electron chi connectivity index (χ4n) is 5.01. The standard InChI is InChI=1S/C37H55N3O6S/c1-12-37(9,10)40(32(42)28(22-23-47-11)39-34(44)46-36(6,7)8)30(27-21-17-16-18-25(27)2)31(41)38-29(33(43)45-35(3,4)5)24-26-19-14-13-15-20-26/h13-21,28-30H,12,22-24H2,1-11H3,(H,38,41)(H,39,44). The fourth-order valence-corrected chi connectivity index (χ4v) is 5.49. The van der Waals surface area contributed by atoms with Crippen LogP contribution in [0.4, 0.5) is 4.79 Å². The van der Waals surface area contributed by atoms with Gasteiger partial charge in [0.05, 0.1) is 0 Å². The molecule has 0 heterocycles. The molecule has 2 aromatic rings. The monoisotopic (exact) mass is 669 g/mol. The molecule has 0 radical (unpaired) electrons. The van der Waals surface area contributed by atoms with E-state index in [0.29, 0.717) is 24.2 Å². The van der Waals surface area contributed by atoms with E-state index in [1.165, 1.54) is 0 Å². The molecule has 0 aliphatic carbocycles. The van der Waals surface area contributed by atoms with E-state index in [0.717, 1.165) is 11.1 Å². The van der Waals surface area contributed by atoms with Gasteiger partial charge in [0.15, 0.2) is 0 Å². The highest BCUT2D eigenvalue weighted by atomic mass is 32.2. The van der Waals surface area contributed by atoms with Gasteiger partial charge >= 0.3 is 12.1 Å². The summed E-state index contributed by atoms with van der Waals surface area (Å²) >= 11 is 1.55. The SMILES string of the molecule is CCC(C)(C)N(C(=O)C(CCSC)NC(=O)OC(C)(C)C)C(C(=O)NC(Cc1ccccc1)C(=O)OC(C)(C)C)c1ccccc1C. The van der Waals surface area contributed by atoms with Crippen LogP contribution in [0.2, 0.25) is 0 Å². The largest absolute Gasteiger partial charge is 0.458 e. The van der Waals surface area contributed by atoms with E-state index >= 15 is 0 Å². The Kier molecular flexibility index (Phi) is 14.4. The highest BCUT2D eigenvalue weighted by molar-refractivity contribution is 7.98. The van der Waals surface area contributed by atoms with Crippen molar-refractivity contribution >= 4 is 35.6 Å². The van der Waals surface area contributed by atoms with Gasteiger partial charge in [-0.15, -0.1) is 0 Å². The van der Waals surface area contributed by atoms with Crippen LogP contribution in [0.25, 0.3) is 0 Å². The number of alkyl carbamates (subject to hydrolysis) is 1. The van der Waals surface area contributed by atoms with E-state index in [1.807, 2.05) is 88.5 Å². The summed E-state index contributed by atoms with van der Waals surface area (Å²) in [6.45, 7) is 18.2. The van der Waals surface area contributed by atoms with E-state index in [2.05, 4.69) is 10.6 Å². The van der Waals surface area contributed by atoms with Gasteiger partial charge in [-0.3, -0.25) is 9.59 Å². The van der Waals surface area contributed by atoms with E-state index in [1.54, 1.807) is 58.2 Å². The second kappa shape index (κ2) is 17.0. The van der Waals surface area contributed by atoms with E-state index in [4.69, 9.17) is 9.47 Å². The number of thioether (sulfide) groups is 1. The van der Waals surface area contributed by atoms with Crippen molar-refractivity contribution in [2.24, 2.45) is 0 Å². The number of amides is 3. The molecule has 3 atom stereocenters. The third kappa shape index (κ3) is 12.5. The van der Waals surface area contributed by atoms with Crippen molar-refractivity contribution in [3.05, 3.63) is 71.3 Å². The normalized spacial score (nSPS) is 13.9. The number of hydrogen-bond acceptors (Lipinski definition) is 7. The molecule has 0 fully saturated rings. The van der Waals surface area contributed by atoms with Gasteiger partial charge in [-0.1, -0.05) is 61.5 Å². The first-order valence-corrected chi connectivity index (χ1v) is 17.6. The minimum Gasteiger partial charge on any atom is -0.458 e. The third-order valence-corrected chi connectivity index (χ3v) is 8.28. The average molecular weight is 670 g/mol. The van der Waals surface area contributed by atoms with Gasteiger partial charge in [0.25, 0.3) is 0 Å². The molecule has 9 nitrogen and oxygen atoms in total. The highest BCUT2D eigenvalue weighted by Crippen LogP contribution is 2.34. The Morgan fingerprint density at radius 1 is 0.809 bits per heavy atom. The molecule has 0 spiro atoms. The van der Waals surface area contributed by atoms with Crippen LogP contribution in [0.5, 0.6) is 0 Å². The van der Waals surface area contributed by atoms with Crippen LogP contribution in [0, 0.1) is 6.92 Å². The quantitative estimate of drug-likeness (QED) is 0.214. The number of carbonyl (C=O) groups excluding carboxylic acids is 4. The molecule has 0 bridgehead atoms. The molecule has 0 saturated heterocycles. The van der Waals surface area contributed by atoms with Crippen molar-refractivity contribution < 1.29 is 28.7 Å². The molecule has 47 heavy (non-hydrogen) atoms. The minimum absolute atomic E-state index is 0.198. The molecule has 0 saturated carbocycles. The number of benzene rings is 2. The Morgan fingerprint density at radius 3 is 1.91 bits per heavy atom. The maximum absolute atomic E-state index is 14.8. The van der Waals surface area contributed by atoms with Crippen LogP contribution in [0.3, 0.4) is 0 Å². The lowest BCUT2D eigenvalue weighted by Gasteiger charge is -2.45. The van der Waals surface area contributed by atoms with Gasteiger partial charge in [0.2, 0.25) is 11.8 Å². The van der Waals surface area contributed by atoms with Crippen molar-refractivity contribution in [1.82, 2.24) is 15.5 Å². The zero-order valence-corrected chi connectivity index (χ0v) is 30.9. The molecule has 2 rings (SSSR count). The molecule has 10 heteroatoms. The van der Waals surface area contributed by atoms with E-state index in [-0.39, 0.29) is 6.42 Å². The lowest BCUT2D eigenvalue weighted by atomic mass is 9.90. The smallest absolute Gasteiger partial charge is 0.408 e.